The van der Waals surface area contributed by atoms with Crippen molar-refractivity contribution in [1.82, 2.24) is 4.98 Å². The summed E-state index contributed by atoms with van der Waals surface area (Å²) in [5.41, 5.74) is 0.174. The molecule has 0 spiro atoms. The summed E-state index contributed by atoms with van der Waals surface area (Å²) < 4.78 is 9.74. The Balaban J connectivity index is 2.35. The topological polar surface area (TPSA) is 68.7 Å². The molecule has 17 heavy (non-hydrogen) atoms. The highest BCUT2D eigenvalue weighted by Gasteiger charge is 2.55. The molecule has 1 heterocycles. The van der Waals surface area contributed by atoms with Crippen molar-refractivity contribution in [1.29, 1.82) is 0 Å². The molecular weight excluding hydrogens is 222 g/mol. The molecule has 0 amide bonds. The van der Waals surface area contributed by atoms with E-state index in [-0.39, 0.29) is 0 Å². The van der Waals surface area contributed by atoms with Crippen molar-refractivity contribution in [3.8, 4) is 5.88 Å². The van der Waals surface area contributed by atoms with Gasteiger partial charge in [-0.2, -0.15) is 0 Å². The van der Waals surface area contributed by atoms with Gasteiger partial charge in [-0.15, -0.1) is 0 Å². The number of aromatic nitrogens is 1. The van der Waals surface area contributed by atoms with E-state index in [0.29, 0.717) is 5.88 Å². The minimum absolute atomic E-state index is 0.452. The van der Waals surface area contributed by atoms with Crippen LogP contribution in [0.2, 0.25) is 0 Å². The second-order valence-electron chi connectivity index (χ2n) is 4.14. The fraction of sp³-hybridized carbons (Fsp3) is 0.500. The molecule has 2 rings (SSSR count). The average molecular weight is 237 g/mol. The monoisotopic (exact) mass is 237 g/mol. The van der Waals surface area contributed by atoms with Crippen molar-refractivity contribution in [2.24, 2.45) is 0 Å². The number of carbonyl (C=O) groups excluding carboxylic acids is 1. The number of ether oxygens (including phenoxy) is 2. The first kappa shape index (κ1) is 11.9. The quantitative estimate of drug-likeness (QED) is 0.779. The van der Waals surface area contributed by atoms with E-state index in [1.165, 1.54) is 14.2 Å². The number of aliphatic hydroxyl groups excluding tert-OH is 1. The van der Waals surface area contributed by atoms with Gasteiger partial charge in [0.15, 0.2) is 6.10 Å². The molecule has 1 atom stereocenters. The molecule has 1 saturated carbocycles. The largest absolute Gasteiger partial charge is 0.481 e. The van der Waals surface area contributed by atoms with Crippen molar-refractivity contribution in [3.05, 3.63) is 23.9 Å². The fourth-order valence-corrected chi connectivity index (χ4v) is 2.09. The Labute approximate surface area is 99.4 Å². The Bertz CT molecular complexity index is 428. The molecule has 0 aromatic carbocycles. The van der Waals surface area contributed by atoms with E-state index in [4.69, 9.17) is 4.74 Å². The van der Waals surface area contributed by atoms with Crippen molar-refractivity contribution >= 4 is 5.97 Å². The number of nitrogens with zero attached hydrogens (tertiary/aromatic N) is 1. The van der Waals surface area contributed by atoms with Gasteiger partial charge in [0.2, 0.25) is 5.88 Å². The predicted molar refractivity (Wildman–Crippen MR) is 59.7 cm³/mol. The van der Waals surface area contributed by atoms with Crippen LogP contribution in [0.4, 0.5) is 0 Å². The molecule has 1 aromatic rings. The summed E-state index contributed by atoms with van der Waals surface area (Å²) in [7, 11) is 2.79. The number of methoxy groups -OCH3 is 2. The van der Waals surface area contributed by atoms with E-state index in [0.717, 1.165) is 18.4 Å². The molecule has 1 fully saturated rings. The number of rotatable bonds is 4. The Kier molecular flexibility index (Phi) is 3.02. The summed E-state index contributed by atoms with van der Waals surface area (Å²) in [4.78, 5) is 15.5. The molecule has 1 aliphatic rings. The maximum atomic E-state index is 11.4. The minimum Gasteiger partial charge on any atom is -0.481 e. The highest BCUT2D eigenvalue weighted by Crippen LogP contribution is 2.53. The smallest absolute Gasteiger partial charge is 0.335 e. The van der Waals surface area contributed by atoms with Gasteiger partial charge in [-0.3, -0.25) is 0 Å². The van der Waals surface area contributed by atoms with Crippen molar-refractivity contribution < 1.29 is 19.4 Å². The van der Waals surface area contributed by atoms with Crippen LogP contribution in [0.5, 0.6) is 5.88 Å². The Hall–Kier alpha value is -1.62. The van der Waals surface area contributed by atoms with Gasteiger partial charge >= 0.3 is 5.97 Å². The van der Waals surface area contributed by atoms with Crippen molar-refractivity contribution in [3.63, 3.8) is 0 Å². The summed E-state index contributed by atoms with van der Waals surface area (Å²) in [6.07, 6.45) is 1.91. The van der Waals surface area contributed by atoms with Gasteiger partial charge < -0.3 is 14.6 Å². The third-order valence-electron chi connectivity index (χ3n) is 3.24. The van der Waals surface area contributed by atoms with Gasteiger partial charge in [-0.1, -0.05) is 6.07 Å². The summed E-state index contributed by atoms with van der Waals surface area (Å²) in [5, 5.41) is 10.0. The molecule has 0 aliphatic heterocycles. The van der Waals surface area contributed by atoms with E-state index in [9.17, 15) is 9.90 Å². The Morgan fingerprint density at radius 1 is 1.53 bits per heavy atom. The molecular formula is C12H15NO4. The van der Waals surface area contributed by atoms with Gasteiger partial charge in [0.05, 0.1) is 14.2 Å². The number of hydrogen-bond acceptors (Lipinski definition) is 5. The summed E-state index contributed by atoms with van der Waals surface area (Å²) in [6.45, 7) is 0. The van der Waals surface area contributed by atoms with Crippen LogP contribution >= 0.6 is 0 Å². The molecule has 0 radical (unpaired) electrons. The first-order valence-electron chi connectivity index (χ1n) is 5.41. The van der Waals surface area contributed by atoms with E-state index in [1.54, 1.807) is 12.3 Å². The zero-order valence-electron chi connectivity index (χ0n) is 9.84. The van der Waals surface area contributed by atoms with Crippen LogP contribution in [0.1, 0.15) is 18.4 Å². The fourth-order valence-electron chi connectivity index (χ4n) is 2.09. The van der Waals surface area contributed by atoms with Crippen LogP contribution in [0.25, 0.3) is 0 Å². The van der Waals surface area contributed by atoms with Crippen LogP contribution in [0.15, 0.2) is 18.3 Å². The minimum atomic E-state index is -1.16. The van der Waals surface area contributed by atoms with Gasteiger partial charge in [0, 0.05) is 17.2 Å². The lowest BCUT2D eigenvalue weighted by Crippen LogP contribution is -2.35. The van der Waals surface area contributed by atoms with Crippen LogP contribution in [0, 0.1) is 0 Å². The zero-order valence-corrected chi connectivity index (χ0v) is 9.84. The van der Waals surface area contributed by atoms with Gasteiger partial charge in [-0.25, -0.2) is 9.78 Å². The number of hydrogen-bond donors (Lipinski definition) is 1. The second kappa shape index (κ2) is 4.33. The number of carbonyl (C=O) groups is 1. The Morgan fingerprint density at radius 3 is 2.76 bits per heavy atom. The van der Waals surface area contributed by atoms with Crippen LogP contribution in [0.3, 0.4) is 0 Å². The van der Waals surface area contributed by atoms with Crippen LogP contribution in [-0.2, 0) is 14.9 Å². The normalized spacial score (nSPS) is 18.3. The van der Waals surface area contributed by atoms with Crippen molar-refractivity contribution in [2.45, 2.75) is 24.4 Å². The lowest BCUT2D eigenvalue weighted by molar-refractivity contribution is -0.152. The molecule has 92 valence electrons. The van der Waals surface area contributed by atoms with E-state index in [2.05, 4.69) is 9.72 Å². The molecule has 5 nitrogen and oxygen atoms in total. The predicted octanol–water partition coefficient (Wildman–Crippen LogP) is 0.656. The lowest BCUT2D eigenvalue weighted by Gasteiger charge is -2.21. The van der Waals surface area contributed by atoms with E-state index >= 15 is 0 Å². The average Bonchev–Trinajstić information content (AvgIpc) is 3.18. The molecule has 1 aliphatic carbocycles. The second-order valence-corrected chi connectivity index (χ2v) is 4.14. The van der Waals surface area contributed by atoms with Crippen LogP contribution < -0.4 is 4.74 Å². The molecule has 0 bridgehead atoms. The van der Waals surface area contributed by atoms with Gasteiger partial charge in [-0.05, 0) is 18.9 Å². The first-order valence-corrected chi connectivity index (χ1v) is 5.41. The third-order valence-corrected chi connectivity index (χ3v) is 3.24. The molecule has 1 N–H and O–H groups in total. The van der Waals surface area contributed by atoms with Gasteiger partial charge in [0.25, 0.3) is 0 Å². The van der Waals surface area contributed by atoms with Gasteiger partial charge in [0.1, 0.15) is 0 Å². The summed E-state index contributed by atoms with van der Waals surface area (Å²) in [5.74, 6) is -0.165. The summed E-state index contributed by atoms with van der Waals surface area (Å²) in [6, 6.07) is 3.59. The highest BCUT2D eigenvalue weighted by molar-refractivity contribution is 5.78. The van der Waals surface area contributed by atoms with Crippen molar-refractivity contribution in [2.75, 3.05) is 14.2 Å². The number of esters is 1. The molecule has 1 unspecified atom stereocenters. The highest BCUT2D eigenvalue weighted by atomic mass is 16.5. The standard InChI is InChI=1S/C12H15NO4/c1-16-10-8(4-3-7-13-10)12(5-6-12)9(14)11(15)17-2/h3-4,7,9,14H,5-6H2,1-2H3. The SMILES string of the molecule is COC(=O)C(O)C1(c2cccnc2OC)CC1. The zero-order chi connectivity index (χ0) is 12.5. The molecule has 1 aromatic heterocycles. The maximum absolute atomic E-state index is 11.4. The molecule has 5 heteroatoms. The van der Waals surface area contributed by atoms with E-state index < -0.39 is 17.5 Å². The Morgan fingerprint density at radius 2 is 2.24 bits per heavy atom. The number of pyridine rings is 1. The van der Waals surface area contributed by atoms with Crippen LogP contribution in [-0.4, -0.2) is 36.4 Å². The van der Waals surface area contributed by atoms with E-state index in [1.807, 2.05) is 6.07 Å². The lowest BCUT2D eigenvalue weighted by atomic mass is 9.90. The summed E-state index contributed by atoms with van der Waals surface area (Å²) >= 11 is 0. The molecule has 0 saturated heterocycles. The first-order chi connectivity index (χ1) is 8.15. The third kappa shape index (κ3) is 1.86. The number of aliphatic hydroxyl groups is 1. The maximum Gasteiger partial charge on any atom is 0.335 e.